The Balaban J connectivity index is 1.70. The van der Waals surface area contributed by atoms with Crippen LogP contribution in [0.25, 0.3) is 0 Å². The van der Waals surface area contributed by atoms with Crippen molar-refractivity contribution in [3.05, 3.63) is 52.9 Å². The van der Waals surface area contributed by atoms with Gasteiger partial charge in [-0.3, -0.25) is 0 Å². The Morgan fingerprint density at radius 1 is 1.33 bits per heavy atom. The SMILES string of the molecule is Cc1ccc(Cl)cc1OCCNCc1ccoc1. The van der Waals surface area contributed by atoms with Crippen LogP contribution in [0.15, 0.2) is 41.2 Å². The molecule has 0 unspecified atom stereocenters. The number of furan rings is 1. The van der Waals surface area contributed by atoms with Crippen LogP contribution in [-0.2, 0) is 6.54 Å². The van der Waals surface area contributed by atoms with E-state index in [1.165, 1.54) is 0 Å². The molecule has 1 N–H and O–H groups in total. The molecule has 4 heteroatoms. The first-order valence-electron chi connectivity index (χ1n) is 5.86. The van der Waals surface area contributed by atoms with E-state index in [1.54, 1.807) is 12.5 Å². The van der Waals surface area contributed by atoms with Crippen molar-refractivity contribution >= 4 is 11.6 Å². The maximum atomic E-state index is 5.92. The van der Waals surface area contributed by atoms with E-state index in [0.717, 1.165) is 30.0 Å². The highest BCUT2D eigenvalue weighted by Crippen LogP contribution is 2.22. The summed E-state index contributed by atoms with van der Waals surface area (Å²) in [5, 5.41) is 3.97. The van der Waals surface area contributed by atoms with Gasteiger partial charge in [-0.1, -0.05) is 17.7 Å². The summed E-state index contributed by atoms with van der Waals surface area (Å²) < 4.78 is 10.7. The van der Waals surface area contributed by atoms with Crippen molar-refractivity contribution in [2.24, 2.45) is 0 Å². The number of nitrogens with one attached hydrogen (secondary N) is 1. The Morgan fingerprint density at radius 3 is 3.00 bits per heavy atom. The van der Waals surface area contributed by atoms with E-state index in [-0.39, 0.29) is 0 Å². The minimum absolute atomic E-state index is 0.610. The Bertz CT molecular complexity index is 483. The summed E-state index contributed by atoms with van der Waals surface area (Å²) in [4.78, 5) is 0. The van der Waals surface area contributed by atoms with Gasteiger partial charge in [0.2, 0.25) is 0 Å². The summed E-state index contributed by atoms with van der Waals surface area (Å²) in [5.74, 6) is 0.840. The fourth-order valence-corrected chi connectivity index (χ4v) is 1.75. The predicted molar refractivity (Wildman–Crippen MR) is 72.1 cm³/mol. The van der Waals surface area contributed by atoms with Crippen molar-refractivity contribution in [1.82, 2.24) is 5.32 Å². The van der Waals surface area contributed by atoms with E-state index >= 15 is 0 Å². The molecule has 2 aromatic rings. The Labute approximate surface area is 112 Å². The average molecular weight is 266 g/mol. The molecule has 0 spiro atoms. The van der Waals surface area contributed by atoms with E-state index in [0.29, 0.717) is 11.6 Å². The smallest absolute Gasteiger partial charge is 0.123 e. The summed E-state index contributed by atoms with van der Waals surface area (Å²) in [7, 11) is 0. The second kappa shape index (κ2) is 6.47. The first-order valence-corrected chi connectivity index (χ1v) is 6.24. The van der Waals surface area contributed by atoms with Crippen molar-refractivity contribution in [3.8, 4) is 5.75 Å². The summed E-state index contributed by atoms with van der Waals surface area (Å²) in [5.41, 5.74) is 2.23. The van der Waals surface area contributed by atoms with Crippen LogP contribution in [0, 0.1) is 6.92 Å². The lowest BCUT2D eigenvalue weighted by Gasteiger charge is -2.09. The van der Waals surface area contributed by atoms with Gasteiger partial charge < -0.3 is 14.5 Å². The van der Waals surface area contributed by atoms with Crippen molar-refractivity contribution in [2.75, 3.05) is 13.2 Å². The third-order valence-electron chi connectivity index (χ3n) is 2.60. The monoisotopic (exact) mass is 265 g/mol. The fourth-order valence-electron chi connectivity index (χ4n) is 1.59. The lowest BCUT2D eigenvalue weighted by molar-refractivity contribution is 0.311. The van der Waals surface area contributed by atoms with E-state index < -0.39 is 0 Å². The lowest BCUT2D eigenvalue weighted by Crippen LogP contribution is -2.20. The van der Waals surface area contributed by atoms with Crippen molar-refractivity contribution in [2.45, 2.75) is 13.5 Å². The molecule has 3 nitrogen and oxygen atoms in total. The number of ether oxygens (including phenoxy) is 1. The standard InChI is InChI=1S/C14H16ClNO2/c1-11-2-3-13(15)8-14(11)18-7-5-16-9-12-4-6-17-10-12/h2-4,6,8,10,16H,5,7,9H2,1H3. The predicted octanol–water partition coefficient (Wildman–Crippen LogP) is 3.41. The van der Waals surface area contributed by atoms with Crippen LogP contribution >= 0.6 is 11.6 Å². The molecular weight excluding hydrogens is 250 g/mol. The van der Waals surface area contributed by atoms with Crippen LogP contribution < -0.4 is 10.1 Å². The van der Waals surface area contributed by atoms with E-state index in [1.807, 2.05) is 31.2 Å². The minimum atomic E-state index is 0.610. The Hall–Kier alpha value is -1.45. The van der Waals surface area contributed by atoms with Gasteiger partial charge in [0, 0.05) is 23.7 Å². The molecular formula is C14H16ClNO2. The van der Waals surface area contributed by atoms with Crippen LogP contribution in [-0.4, -0.2) is 13.2 Å². The second-order valence-electron chi connectivity index (χ2n) is 4.07. The number of hydrogen-bond acceptors (Lipinski definition) is 3. The van der Waals surface area contributed by atoms with Gasteiger partial charge in [-0.05, 0) is 30.7 Å². The number of aryl methyl sites for hydroxylation is 1. The van der Waals surface area contributed by atoms with Gasteiger partial charge in [-0.15, -0.1) is 0 Å². The zero-order valence-electron chi connectivity index (χ0n) is 10.3. The van der Waals surface area contributed by atoms with Crippen LogP contribution in [0.5, 0.6) is 5.75 Å². The zero-order valence-corrected chi connectivity index (χ0v) is 11.0. The molecule has 2 rings (SSSR count). The van der Waals surface area contributed by atoms with Gasteiger partial charge in [0.1, 0.15) is 12.4 Å². The highest BCUT2D eigenvalue weighted by molar-refractivity contribution is 6.30. The quantitative estimate of drug-likeness (QED) is 0.813. The molecule has 0 aliphatic heterocycles. The number of benzene rings is 1. The number of hydrogen-bond donors (Lipinski definition) is 1. The van der Waals surface area contributed by atoms with Crippen LogP contribution in [0.2, 0.25) is 5.02 Å². The highest BCUT2D eigenvalue weighted by Gasteiger charge is 2.00. The third-order valence-corrected chi connectivity index (χ3v) is 2.83. The molecule has 0 fully saturated rings. The maximum Gasteiger partial charge on any atom is 0.123 e. The number of rotatable bonds is 6. The molecule has 0 amide bonds. The minimum Gasteiger partial charge on any atom is -0.492 e. The van der Waals surface area contributed by atoms with Gasteiger partial charge in [0.25, 0.3) is 0 Å². The zero-order chi connectivity index (χ0) is 12.8. The summed E-state index contributed by atoms with van der Waals surface area (Å²) in [6.45, 7) is 4.18. The van der Waals surface area contributed by atoms with Gasteiger partial charge in [-0.25, -0.2) is 0 Å². The normalized spacial score (nSPS) is 10.6. The average Bonchev–Trinajstić information content (AvgIpc) is 2.86. The van der Waals surface area contributed by atoms with Crippen LogP contribution in [0.3, 0.4) is 0 Å². The van der Waals surface area contributed by atoms with E-state index in [9.17, 15) is 0 Å². The molecule has 0 aliphatic carbocycles. The van der Waals surface area contributed by atoms with Gasteiger partial charge in [0.15, 0.2) is 0 Å². The third kappa shape index (κ3) is 3.79. The molecule has 18 heavy (non-hydrogen) atoms. The molecule has 0 saturated carbocycles. The Morgan fingerprint density at radius 2 is 2.22 bits per heavy atom. The second-order valence-corrected chi connectivity index (χ2v) is 4.50. The van der Waals surface area contributed by atoms with E-state index in [2.05, 4.69) is 5.32 Å². The van der Waals surface area contributed by atoms with E-state index in [4.69, 9.17) is 20.8 Å². The molecule has 0 bridgehead atoms. The van der Waals surface area contributed by atoms with Crippen molar-refractivity contribution < 1.29 is 9.15 Å². The molecule has 0 radical (unpaired) electrons. The van der Waals surface area contributed by atoms with Crippen LogP contribution in [0.4, 0.5) is 0 Å². The maximum absolute atomic E-state index is 5.92. The first-order chi connectivity index (χ1) is 8.75. The molecule has 1 aromatic carbocycles. The summed E-state index contributed by atoms with van der Waals surface area (Å²) >= 11 is 5.92. The summed E-state index contributed by atoms with van der Waals surface area (Å²) in [6.07, 6.45) is 3.40. The largest absolute Gasteiger partial charge is 0.492 e. The molecule has 0 atom stereocenters. The molecule has 0 saturated heterocycles. The number of halogens is 1. The molecule has 0 aliphatic rings. The molecule has 96 valence electrons. The fraction of sp³-hybridized carbons (Fsp3) is 0.286. The lowest BCUT2D eigenvalue weighted by atomic mass is 10.2. The molecule has 1 heterocycles. The van der Waals surface area contributed by atoms with Gasteiger partial charge in [0.05, 0.1) is 12.5 Å². The topological polar surface area (TPSA) is 34.4 Å². The van der Waals surface area contributed by atoms with Crippen molar-refractivity contribution in [3.63, 3.8) is 0 Å². The first kappa shape index (κ1) is 13.0. The van der Waals surface area contributed by atoms with Gasteiger partial charge in [-0.2, -0.15) is 0 Å². The summed E-state index contributed by atoms with van der Waals surface area (Å²) in [6, 6.07) is 7.60. The van der Waals surface area contributed by atoms with Crippen LogP contribution in [0.1, 0.15) is 11.1 Å². The molecule has 1 aromatic heterocycles. The van der Waals surface area contributed by atoms with Crippen molar-refractivity contribution in [1.29, 1.82) is 0 Å². The Kier molecular flexibility index (Phi) is 4.67. The van der Waals surface area contributed by atoms with Gasteiger partial charge >= 0.3 is 0 Å². The highest BCUT2D eigenvalue weighted by atomic mass is 35.5.